The van der Waals surface area contributed by atoms with Crippen LogP contribution in [0.3, 0.4) is 0 Å². The van der Waals surface area contributed by atoms with E-state index in [4.69, 9.17) is 9.47 Å². The lowest BCUT2D eigenvalue weighted by Crippen LogP contribution is -2.17. The van der Waals surface area contributed by atoms with Crippen LogP contribution < -0.4 is 14.8 Å². The number of hydrogen-bond donors (Lipinski definition) is 1. The van der Waals surface area contributed by atoms with E-state index >= 15 is 0 Å². The molecule has 0 spiro atoms. The van der Waals surface area contributed by atoms with Crippen LogP contribution >= 0.6 is 0 Å². The summed E-state index contributed by atoms with van der Waals surface area (Å²) in [5, 5.41) is 2.29. The number of hydrogen-bond acceptors (Lipinski definition) is 5. The van der Waals surface area contributed by atoms with E-state index in [2.05, 4.69) is 15.3 Å². The van der Waals surface area contributed by atoms with Crippen LogP contribution in [0.4, 0.5) is 18.9 Å². The maximum Gasteiger partial charge on any atom is 0.319 e. The zero-order valence-electron chi connectivity index (χ0n) is 12.9. The van der Waals surface area contributed by atoms with Gasteiger partial charge in [-0.3, -0.25) is 4.79 Å². The minimum Gasteiger partial charge on any atom is -0.476 e. The fourth-order valence-corrected chi connectivity index (χ4v) is 1.77. The molecule has 2 aromatic rings. The Balaban J connectivity index is 2.30. The lowest BCUT2D eigenvalue weighted by atomic mass is 10.2. The van der Waals surface area contributed by atoms with Crippen molar-refractivity contribution in [2.45, 2.75) is 13.8 Å². The molecule has 0 aliphatic heterocycles. The fourth-order valence-electron chi connectivity index (χ4n) is 1.77. The molecule has 0 fully saturated rings. The van der Waals surface area contributed by atoms with E-state index in [1.807, 2.05) is 0 Å². The highest BCUT2D eigenvalue weighted by Crippen LogP contribution is 2.24. The van der Waals surface area contributed by atoms with Crippen LogP contribution in [-0.4, -0.2) is 29.1 Å². The Morgan fingerprint density at radius 1 is 1.12 bits per heavy atom. The summed E-state index contributed by atoms with van der Waals surface area (Å²) in [6, 6.07) is 1.53. The molecule has 0 unspecified atom stereocenters. The number of nitrogens with one attached hydrogen (secondary N) is 1. The predicted octanol–water partition coefficient (Wildman–Crippen LogP) is 2.94. The third kappa shape index (κ3) is 3.73. The average molecular weight is 341 g/mol. The van der Waals surface area contributed by atoms with Gasteiger partial charge in [0.05, 0.1) is 25.0 Å². The van der Waals surface area contributed by atoms with E-state index in [1.165, 1.54) is 6.20 Å². The molecular weight excluding hydrogens is 327 g/mol. The molecule has 0 saturated carbocycles. The molecule has 1 heterocycles. The summed E-state index contributed by atoms with van der Waals surface area (Å²) in [5.74, 6) is -5.69. The summed E-state index contributed by atoms with van der Waals surface area (Å²) in [4.78, 5) is 19.9. The van der Waals surface area contributed by atoms with Crippen molar-refractivity contribution in [3.8, 4) is 11.9 Å². The van der Waals surface area contributed by atoms with Gasteiger partial charge in [-0.25, -0.2) is 18.2 Å². The highest BCUT2D eigenvalue weighted by atomic mass is 19.2. The number of halogens is 3. The SMILES string of the molecule is CCOc1ncc(NC(=O)c2ccc(F)c(F)c2F)c(OCC)n1. The molecule has 1 N–H and O–H groups in total. The van der Waals surface area contributed by atoms with E-state index in [9.17, 15) is 18.0 Å². The van der Waals surface area contributed by atoms with Crippen LogP contribution in [0.2, 0.25) is 0 Å². The second-order valence-electron chi connectivity index (χ2n) is 4.41. The minimum absolute atomic E-state index is 0.00675. The van der Waals surface area contributed by atoms with Gasteiger partial charge in [0.2, 0.25) is 5.88 Å². The summed E-state index contributed by atoms with van der Waals surface area (Å²) < 4.78 is 50.2. The Morgan fingerprint density at radius 3 is 2.50 bits per heavy atom. The molecule has 0 radical (unpaired) electrons. The van der Waals surface area contributed by atoms with Crippen molar-refractivity contribution in [3.63, 3.8) is 0 Å². The highest BCUT2D eigenvalue weighted by Gasteiger charge is 2.20. The number of anilines is 1. The number of carbonyl (C=O) groups is 1. The quantitative estimate of drug-likeness (QED) is 0.818. The lowest BCUT2D eigenvalue weighted by molar-refractivity contribution is 0.102. The molecule has 0 atom stereocenters. The Kier molecular flexibility index (Phi) is 5.56. The summed E-state index contributed by atoms with van der Waals surface area (Å²) in [5.41, 5.74) is -0.625. The van der Waals surface area contributed by atoms with Crippen molar-refractivity contribution in [3.05, 3.63) is 41.3 Å². The summed E-state index contributed by atoms with van der Waals surface area (Å²) in [7, 11) is 0. The first-order chi connectivity index (χ1) is 11.5. The molecule has 0 aliphatic carbocycles. The first kappa shape index (κ1) is 17.5. The van der Waals surface area contributed by atoms with Crippen molar-refractivity contribution >= 4 is 11.6 Å². The molecule has 128 valence electrons. The number of benzene rings is 1. The maximum atomic E-state index is 13.7. The van der Waals surface area contributed by atoms with Gasteiger partial charge in [0.1, 0.15) is 5.69 Å². The number of aromatic nitrogens is 2. The fraction of sp³-hybridized carbons (Fsp3) is 0.267. The van der Waals surface area contributed by atoms with E-state index in [0.29, 0.717) is 12.7 Å². The average Bonchev–Trinajstić information content (AvgIpc) is 2.55. The van der Waals surface area contributed by atoms with Crippen LogP contribution in [-0.2, 0) is 0 Å². The number of amides is 1. The molecule has 0 aliphatic rings. The Bertz CT molecular complexity index is 756. The molecule has 6 nitrogen and oxygen atoms in total. The molecule has 24 heavy (non-hydrogen) atoms. The van der Waals surface area contributed by atoms with Crippen molar-refractivity contribution in [2.75, 3.05) is 18.5 Å². The van der Waals surface area contributed by atoms with Gasteiger partial charge in [-0.1, -0.05) is 0 Å². The van der Waals surface area contributed by atoms with Gasteiger partial charge in [0, 0.05) is 0 Å². The molecule has 9 heteroatoms. The smallest absolute Gasteiger partial charge is 0.319 e. The van der Waals surface area contributed by atoms with Crippen molar-refractivity contribution < 1.29 is 27.4 Å². The van der Waals surface area contributed by atoms with Crippen LogP contribution in [0.15, 0.2) is 18.3 Å². The van der Waals surface area contributed by atoms with Crippen LogP contribution in [0, 0.1) is 17.5 Å². The van der Waals surface area contributed by atoms with Crippen molar-refractivity contribution in [1.82, 2.24) is 9.97 Å². The topological polar surface area (TPSA) is 73.3 Å². The summed E-state index contributed by atoms with van der Waals surface area (Å²) in [6.07, 6.45) is 1.21. The highest BCUT2D eigenvalue weighted by molar-refractivity contribution is 6.05. The molecular formula is C15H14F3N3O3. The number of carbonyl (C=O) groups excluding carboxylic acids is 1. The van der Waals surface area contributed by atoms with Gasteiger partial charge in [-0.05, 0) is 26.0 Å². The van der Waals surface area contributed by atoms with E-state index in [0.717, 1.165) is 6.07 Å². The minimum atomic E-state index is -1.73. The molecule has 1 amide bonds. The first-order valence-electron chi connectivity index (χ1n) is 7.05. The van der Waals surface area contributed by atoms with Crippen molar-refractivity contribution in [1.29, 1.82) is 0 Å². The maximum absolute atomic E-state index is 13.7. The van der Waals surface area contributed by atoms with E-state index in [1.54, 1.807) is 13.8 Å². The van der Waals surface area contributed by atoms with Gasteiger partial charge in [0.25, 0.3) is 5.91 Å². The van der Waals surface area contributed by atoms with Gasteiger partial charge in [0.15, 0.2) is 17.5 Å². The zero-order valence-corrected chi connectivity index (χ0v) is 12.9. The van der Waals surface area contributed by atoms with Gasteiger partial charge in [-0.15, -0.1) is 0 Å². The number of nitrogens with zero attached hydrogens (tertiary/aromatic N) is 2. The Labute approximate surface area is 135 Å². The van der Waals surface area contributed by atoms with E-state index in [-0.39, 0.29) is 24.2 Å². The normalized spacial score (nSPS) is 10.4. The van der Waals surface area contributed by atoms with Gasteiger partial charge in [-0.2, -0.15) is 4.98 Å². The Morgan fingerprint density at radius 2 is 1.83 bits per heavy atom. The third-order valence-corrected chi connectivity index (χ3v) is 2.81. The largest absolute Gasteiger partial charge is 0.476 e. The third-order valence-electron chi connectivity index (χ3n) is 2.81. The zero-order chi connectivity index (χ0) is 17.7. The van der Waals surface area contributed by atoms with Crippen LogP contribution in [0.25, 0.3) is 0 Å². The second-order valence-corrected chi connectivity index (χ2v) is 4.41. The van der Waals surface area contributed by atoms with Crippen molar-refractivity contribution in [2.24, 2.45) is 0 Å². The number of ether oxygens (including phenoxy) is 2. The first-order valence-corrected chi connectivity index (χ1v) is 7.05. The van der Waals surface area contributed by atoms with Crippen LogP contribution in [0.1, 0.15) is 24.2 Å². The van der Waals surface area contributed by atoms with Gasteiger partial charge < -0.3 is 14.8 Å². The molecule has 0 saturated heterocycles. The molecule has 2 rings (SSSR count). The second kappa shape index (κ2) is 7.62. The Hall–Kier alpha value is -2.84. The lowest BCUT2D eigenvalue weighted by Gasteiger charge is -2.12. The molecule has 0 bridgehead atoms. The monoisotopic (exact) mass is 341 g/mol. The summed E-state index contributed by atoms with van der Waals surface area (Å²) >= 11 is 0. The van der Waals surface area contributed by atoms with Crippen LogP contribution in [0.5, 0.6) is 11.9 Å². The standard InChI is InChI=1S/C15H14F3N3O3/c1-3-23-14-10(7-19-15(21-14)24-4-2)20-13(22)8-5-6-9(16)12(18)11(8)17/h5-7H,3-4H2,1-2H3,(H,20,22). The van der Waals surface area contributed by atoms with E-state index < -0.39 is 28.9 Å². The summed E-state index contributed by atoms with van der Waals surface area (Å²) in [6.45, 7) is 4.01. The van der Waals surface area contributed by atoms with Gasteiger partial charge >= 0.3 is 6.01 Å². The molecule has 1 aromatic carbocycles. The number of rotatable bonds is 6. The predicted molar refractivity (Wildman–Crippen MR) is 78.6 cm³/mol. The molecule has 1 aromatic heterocycles.